The molecule has 1 amide bonds. The van der Waals surface area contributed by atoms with Crippen LogP contribution in [0, 0.1) is 12.8 Å². The Kier molecular flexibility index (Phi) is 3.51. The number of aromatic nitrogens is 2. The molecule has 0 aromatic carbocycles. The van der Waals surface area contributed by atoms with Gasteiger partial charge in [0, 0.05) is 42.7 Å². The topological polar surface area (TPSA) is 58.1 Å². The molecule has 1 atom stereocenters. The molecular formula is C17H24N4O. The molecule has 2 aliphatic carbocycles. The lowest BCUT2D eigenvalue weighted by molar-refractivity contribution is -0.123. The van der Waals surface area contributed by atoms with Gasteiger partial charge in [0.05, 0.1) is 0 Å². The number of hydrogen-bond donors (Lipinski definition) is 1. The van der Waals surface area contributed by atoms with Crippen LogP contribution in [0.4, 0.5) is 5.82 Å². The van der Waals surface area contributed by atoms with Crippen molar-refractivity contribution in [3.63, 3.8) is 0 Å². The number of carbonyl (C=O) groups is 1. The lowest BCUT2D eigenvalue weighted by Crippen LogP contribution is -2.48. The van der Waals surface area contributed by atoms with Crippen molar-refractivity contribution in [1.82, 2.24) is 15.3 Å². The van der Waals surface area contributed by atoms with Gasteiger partial charge < -0.3 is 10.2 Å². The van der Waals surface area contributed by atoms with Crippen LogP contribution in [0.25, 0.3) is 0 Å². The maximum absolute atomic E-state index is 12.0. The van der Waals surface area contributed by atoms with Crippen LogP contribution in [0.15, 0.2) is 6.07 Å². The first-order valence-corrected chi connectivity index (χ1v) is 8.60. The second-order valence-electron chi connectivity index (χ2n) is 7.07. The molecule has 5 heteroatoms. The van der Waals surface area contributed by atoms with Gasteiger partial charge in [-0.2, -0.15) is 0 Å². The maximum Gasteiger partial charge on any atom is 0.223 e. The van der Waals surface area contributed by atoms with Crippen molar-refractivity contribution in [2.45, 2.75) is 57.4 Å². The van der Waals surface area contributed by atoms with Crippen molar-refractivity contribution < 1.29 is 4.79 Å². The minimum absolute atomic E-state index is 0.254. The summed E-state index contributed by atoms with van der Waals surface area (Å²) in [6, 6.07) is 2.35. The normalized spacial score (nSPS) is 25.1. The van der Waals surface area contributed by atoms with Gasteiger partial charge in [-0.15, -0.1) is 0 Å². The molecule has 118 valence electrons. The van der Waals surface area contributed by atoms with Crippen molar-refractivity contribution in [3.05, 3.63) is 17.6 Å². The Balaban J connectivity index is 1.45. The molecule has 1 unspecified atom stereocenters. The van der Waals surface area contributed by atoms with Crippen LogP contribution in [0.2, 0.25) is 0 Å². The highest BCUT2D eigenvalue weighted by Crippen LogP contribution is 2.38. The number of amides is 1. The minimum Gasteiger partial charge on any atom is -0.354 e. The molecule has 2 heterocycles. The highest BCUT2D eigenvalue weighted by molar-refractivity contribution is 5.81. The van der Waals surface area contributed by atoms with Crippen LogP contribution >= 0.6 is 0 Å². The highest BCUT2D eigenvalue weighted by atomic mass is 16.2. The van der Waals surface area contributed by atoms with Crippen molar-refractivity contribution in [2.24, 2.45) is 5.92 Å². The summed E-state index contributed by atoms with van der Waals surface area (Å²) in [5, 5.41) is 3.22. The van der Waals surface area contributed by atoms with Crippen molar-refractivity contribution >= 4 is 11.7 Å². The molecule has 5 nitrogen and oxygen atoms in total. The van der Waals surface area contributed by atoms with Gasteiger partial charge >= 0.3 is 0 Å². The predicted molar refractivity (Wildman–Crippen MR) is 84.8 cm³/mol. The third-order valence-electron chi connectivity index (χ3n) is 4.84. The molecule has 3 fully saturated rings. The molecule has 1 aliphatic heterocycles. The zero-order chi connectivity index (χ0) is 15.1. The summed E-state index contributed by atoms with van der Waals surface area (Å²) in [4.78, 5) is 23.7. The van der Waals surface area contributed by atoms with Crippen LogP contribution in [-0.2, 0) is 4.79 Å². The van der Waals surface area contributed by atoms with E-state index in [4.69, 9.17) is 4.98 Å². The molecule has 1 saturated heterocycles. The summed E-state index contributed by atoms with van der Waals surface area (Å²) in [5.74, 6) is 3.18. The van der Waals surface area contributed by atoms with E-state index in [1.54, 1.807) is 0 Å². The second-order valence-corrected chi connectivity index (χ2v) is 7.07. The Bertz CT molecular complexity index is 580. The quantitative estimate of drug-likeness (QED) is 0.926. The zero-order valence-corrected chi connectivity index (χ0v) is 13.2. The number of aryl methyl sites for hydroxylation is 1. The van der Waals surface area contributed by atoms with E-state index in [2.05, 4.69) is 21.3 Å². The van der Waals surface area contributed by atoms with E-state index >= 15 is 0 Å². The maximum atomic E-state index is 12.0. The van der Waals surface area contributed by atoms with Gasteiger partial charge in [0.15, 0.2) is 0 Å². The van der Waals surface area contributed by atoms with Gasteiger partial charge in [-0.05, 0) is 45.4 Å². The van der Waals surface area contributed by atoms with E-state index in [0.29, 0.717) is 5.92 Å². The smallest absolute Gasteiger partial charge is 0.223 e. The van der Waals surface area contributed by atoms with Crippen LogP contribution in [0.1, 0.15) is 56.0 Å². The molecule has 0 spiro atoms. The van der Waals surface area contributed by atoms with Crippen molar-refractivity contribution in [1.29, 1.82) is 0 Å². The van der Waals surface area contributed by atoms with E-state index in [-0.39, 0.29) is 17.9 Å². The molecule has 1 aromatic rings. The number of nitrogens with one attached hydrogen (secondary N) is 1. The van der Waals surface area contributed by atoms with Crippen LogP contribution in [-0.4, -0.2) is 35.0 Å². The summed E-state index contributed by atoms with van der Waals surface area (Å²) in [7, 11) is 0. The molecule has 22 heavy (non-hydrogen) atoms. The fraction of sp³-hybridized carbons (Fsp3) is 0.706. The summed E-state index contributed by atoms with van der Waals surface area (Å²) >= 11 is 0. The lowest BCUT2D eigenvalue weighted by atomic mass is 10.1. The number of piperidine rings is 1. The summed E-state index contributed by atoms with van der Waals surface area (Å²) < 4.78 is 0. The fourth-order valence-electron chi connectivity index (χ4n) is 3.23. The number of rotatable bonds is 4. The number of carbonyl (C=O) groups excluding carboxylic acids is 1. The van der Waals surface area contributed by atoms with Gasteiger partial charge in [0.2, 0.25) is 5.91 Å². The van der Waals surface area contributed by atoms with E-state index < -0.39 is 0 Å². The van der Waals surface area contributed by atoms with Crippen LogP contribution in [0.3, 0.4) is 0 Å². The van der Waals surface area contributed by atoms with Crippen molar-refractivity contribution in [2.75, 3.05) is 18.0 Å². The summed E-state index contributed by atoms with van der Waals surface area (Å²) in [6.07, 6.45) is 6.77. The van der Waals surface area contributed by atoms with E-state index in [1.165, 1.54) is 12.8 Å². The van der Waals surface area contributed by atoms with Gasteiger partial charge in [-0.25, -0.2) is 9.97 Å². The highest BCUT2D eigenvalue weighted by Gasteiger charge is 2.32. The Labute approximate surface area is 131 Å². The monoisotopic (exact) mass is 300 g/mol. The van der Waals surface area contributed by atoms with Gasteiger partial charge in [0.1, 0.15) is 11.6 Å². The van der Waals surface area contributed by atoms with Gasteiger partial charge in [0.25, 0.3) is 0 Å². The van der Waals surface area contributed by atoms with Gasteiger partial charge in [-0.3, -0.25) is 4.79 Å². The van der Waals surface area contributed by atoms with E-state index in [9.17, 15) is 4.79 Å². The summed E-state index contributed by atoms with van der Waals surface area (Å²) in [6.45, 7) is 3.95. The molecule has 0 radical (unpaired) electrons. The average Bonchev–Trinajstić information content (AvgIpc) is 3.40. The predicted octanol–water partition coefficient (Wildman–Crippen LogP) is 2.16. The molecule has 2 saturated carbocycles. The lowest BCUT2D eigenvalue weighted by Gasteiger charge is -2.34. The third-order valence-corrected chi connectivity index (χ3v) is 4.84. The first kappa shape index (κ1) is 14.0. The Hall–Kier alpha value is -1.65. The first-order chi connectivity index (χ1) is 10.7. The number of hydrogen-bond acceptors (Lipinski definition) is 4. The van der Waals surface area contributed by atoms with Crippen molar-refractivity contribution in [3.8, 4) is 0 Å². The molecule has 1 N–H and O–H groups in total. The molecule has 1 aromatic heterocycles. The molecule has 3 aliphatic rings. The minimum atomic E-state index is 0.254. The molecule has 0 bridgehead atoms. The largest absolute Gasteiger partial charge is 0.354 e. The average molecular weight is 300 g/mol. The number of nitrogens with zero attached hydrogens (tertiary/aromatic N) is 3. The Morgan fingerprint density at radius 2 is 2.05 bits per heavy atom. The van der Waals surface area contributed by atoms with Gasteiger partial charge in [-0.1, -0.05) is 0 Å². The SMILES string of the molecule is Cc1cc(N2CCCC(NC(=O)C3CC3)C2)nc(C2CC2)n1. The summed E-state index contributed by atoms with van der Waals surface area (Å²) in [5.41, 5.74) is 1.05. The Morgan fingerprint density at radius 1 is 1.23 bits per heavy atom. The van der Waals surface area contributed by atoms with Crippen LogP contribution in [0.5, 0.6) is 0 Å². The van der Waals surface area contributed by atoms with E-state index in [0.717, 1.165) is 56.1 Å². The van der Waals surface area contributed by atoms with E-state index in [1.807, 2.05) is 6.92 Å². The zero-order valence-electron chi connectivity index (χ0n) is 13.2. The standard InChI is InChI=1S/C17H24N4O/c1-11-9-15(20-16(18-11)12-4-5-12)21-8-2-3-14(10-21)19-17(22)13-6-7-13/h9,12-14H,2-8,10H2,1H3,(H,19,22). The first-order valence-electron chi connectivity index (χ1n) is 8.60. The Morgan fingerprint density at radius 3 is 2.77 bits per heavy atom. The molecule has 4 rings (SSSR count). The molecular weight excluding hydrogens is 276 g/mol. The third kappa shape index (κ3) is 3.08. The number of anilines is 1. The fourth-order valence-corrected chi connectivity index (χ4v) is 3.23. The van der Waals surface area contributed by atoms with Crippen LogP contribution < -0.4 is 10.2 Å². The second kappa shape index (κ2) is 5.52.